The zero-order valence-electron chi connectivity index (χ0n) is 18.5. The van der Waals surface area contributed by atoms with Crippen molar-refractivity contribution < 1.29 is 28.7 Å². The van der Waals surface area contributed by atoms with Crippen LogP contribution >= 0.6 is 0 Å². The molecule has 0 saturated heterocycles. The summed E-state index contributed by atoms with van der Waals surface area (Å²) in [6.07, 6.45) is 3.22. The number of anilines is 2. The van der Waals surface area contributed by atoms with Gasteiger partial charge in [-0.1, -0.05) is 31.9 Å². The van der Waals surface area contributed by atoms with E-state index in [4.69, 9.17) is 9.47 Å². The maximum absolute atomic E-state index is 13.2. The molecule has 1 aliphatic carbocycles. The lowest BCUT2D eigenvalue weighted by Crippen LogP contribution is -2.61. The van der Waals surface area contributed by atoms with Gasteiger partial charge in [0.05, 0.1) is 11.4 Å². The Balaban J connectivity index is 1.39. The van der Waals surface area contributed by atoms with Crippen LogP contribution < -0.4 is 15.0 Å². The summed E-state index contributed by atoms with van der Waals surface area (Å²) in [4.78, 5) is 51.5. The molecule has 0 atom stereocenters. The Bertz CT molecular complexity index is 1070. The van der Waals surface area contributed by atoms with E-state index >= 15 is 0 Å². The van der Waals surface area contributed by atoms with E-state index in [0.717, 1.165) is 12.8 Å². The van der Waals surface area contributed by atoms with Crippen molar-refractivity contribution in [3.63, 3.8) is 0 Å². The molecule has 1 spiro atoms. The molecule has 172 valence electrons. The van der Waals surface area contributed by atoms with E-state index in [1.54, 1.807) is 55.5 Å². The third-order valence-electron chi connectivity index (χ3n) is 6.13. The Morgan fingerprint density at radius 2 is 1.70 bits per heavy atom. The van der Waals surface area contributed by atoms with Crippen LogP contribution in [0.25, 0.3) is 0 Å². The van der Waals surface area contributed by atoms with Crippen molar-refractivity contribution in [3.05, 3.63) is 54.1 Å². The van der Waals surface area contributed by atoms with Crippen molar-refractivity contribution >= 4 is 34.9 Å². The van der Waals surface area contributed by atoms with Gasteiger partial charge in [-0.3, -0.25) is 19.3 Å². The number of benzene rings is 2. The van der Waals surface area contributed by atoms with E-state index in [0.29, 0.717) is 42.0 Å². The second kappa shape index (κ2) is 9.44. The van der Waals surface area contributed by atoms with Crippen molar-refractivity contribution in [2.75, 3.05) is 23.4 Å². The summed E-state index contributed by atoms with van der Waals surface area (Å²) in [5.74, 6) is -0.918. The van der Waals surface area contributed by atoms with Crippen molar-refractivity contribution in [1.82, 2.24) is 0 Å². The number of carbonyl (C=O) groups excluding carboxylic acids is 4. The summed E-state index contributed by atoms with van der Waals surface area (Å²) >= 11 is 0. The van der Waals surface area contributed by atoms with Crippen LogP contribution in [0.5, 0.6) is 5.75 Å². The van der Waals surface area contributed by atoms with Crippen LogP contribution in [0.2, 0.25) is 0 Å². The molecule has 33 heavy (non-hydrogen) atoms. The lowest BCUT2D eigenvalue weighted by atomic mass is 9.90. The highest BCUT2D eigenvalue weighted by molar-refractivity contribution is 6.15. The minimum Gasteiger partial charge on any atom is -0.482 e. The Hall–Kier alpha value is -3.68. The van der Waals surface area contributed by atoms with Crippen LogP contribution in [0.1, 0.15) is 49.4 Å². The predicted octanol–water partition coefficient (Wildman–Crippen LogP) is 3.50. The van der Waals surface area contributed by atoms with E-state index in [-0.39, 0.29) is 18.3 Å². The van der Waals surface area contributed by atoms with Gasteiger partial charge in [0.15, 0.2) is 19.0 Å². The number of rotatable bonds is 7. The zero-order chi connectivity index (χ0) is 23.4. The molecule has 1 fully saturated rings. The molecule has 0 bridgehead atoms. The van der Waals surface area contributed by atoms with Crippen LogP contribution in [0, 0.1) is 0 Å². The molecule has 2 amide bonds. The van der Waals surface area contributed by atoms with Gasteiger partial charge in [0.25, 0.3) is 11.8 Å². The van der Waals surface area contributed by atoms with Crippen molar-refractivity contribution in [1.29, 1.82) is 0 Å². The number of fused-ring (bicyclic) bond motifs is 1. The van der Waals surface area contributed by atoms with Gasteiger partial charge >= 0.3 is 5.97 Å². The highest BCUT2D eigenvalue weighted by Gasteiger charge is 2.52. The Morgan fingerprint density at radius 1 is 1.00 bits per heavy atom. The number of para-hydroxylation sites is 2. The summed E-state index contributed by atoms with van der Waals surface area (Å²) in [7, 11) is 0. The summed E-state index contributed by atoms with van der Waals surface area (Å²) < 4.78 is 10.6. The number of carbonyl (C=O) groups is 4. The maximum atomic E-state index is 13.2. The number of amides is 2. The number of esters is 1. The Morgan fingerprint density at radius 3 is 2.39 bits per heavy atom. The van der Waals surface area contributed by atoms with Gasteiger partial charge < -0.3 is 14.8 Å². The van der Waals surface area contributed by atoms with Gasteiger partial charge in [0.2, 0.25) is 0 Å². The van der Waals surface area contributed by atoms with Crippen LogP contribution in [0.4, 0.5) is 11.4 Å². The van der Waals surface area contributed by atoms with Crippen molar-refractivity contribution in [2.45, 2.75) is 44.6 Å². The third kappa shape index (κ3) is 4.46. The second-order valence-electron chi connectivity index (χ2n) is 8.19. The summed E-state index contributed by atoms with van der Waals surface area (Å²) in [6, 6.07) is 13.6. The molecule has 0 radical (unpaired) electrons. The molecule has 8 heteroatoms. The number of ether oxygens (including phenoxy) is 2. The van der Waals surface area contributed by atoms with E-state index in [1.807, 2.05) is 0 Å². The molecule has 8 nitrogen and oxygen atoms in total. The lowest BCUT2D eigenvalue weighted by Gasteiger charge is -2.44. The minimum absolute atomic E-state index is 0.0208. The van der Waals surface area contributed by atoms with E-state index < -0.39 is 24.0 Å². The molecule has 1 aliphatic heterocycles. The van der Waals surface area contributed by atoms with Crippen LogP contribution in [0.15, 0.2) is 48.5 Å². The van der Waals surface area contributed by atoms with Crippen LogP contribution in [-0.2, 0) is 19.1 Å². The highest BCUT2D eigenvalue weighted by atomic mass is 16.6. The normalized spacial score (nSPS) is 16.2. The fourth-order valence-corrected chi connectivity index (χ4v) is 4.46. The predicted molar refractivity (Wildman–Crippen MR) is 121 cm³/mol. The maximum Gasteiger partial charge on any atom is 0.344 e. The summed E-state index contributed by atoms with van der Waals surface area (Å²) in [5.41, 5.74) is 0.794. The molecule has 1 N–H and O–H groups in total. The topological polar surface area (TPSA) is 102 Å². The molecule has 0 unspecified atom stereocenters. The van der Waals surface area contributed by atoms with Gasteiger partial charge in [0.1, 0.15) is 11.3 Å². The van der Waals surface area contributed by atoms with Gasteiger partial charge in [-0.25, -0.2) is 4.79 Å². The summed E-state index contributed by atoms with van der Waals surface area (Å²) in [5, 5.41) is 2.91. The first-order valence-electron chi connectivity index (χ1n) is 11.1. The Kier molecular flexibility index (Phi) is 6.44. The van der Waals surface area contributed by atoms with E-state index in [2.05, 4.69) is 5.32 Å². The van der Waals surface area contributed by atoms with Gasteiger partial charge in [-0.15, -0.1) is 0 Å². The molecule has 2 aromatic carbocycles. The number of Topliss-reactive ketones (excluding diaryl/α,β-unsaturated/α-hetero) is 1. The molecule has 0 aromatic heterocycles. The quantitative estimate of drug-likeness (QED) is 0.512. The summed E-state index contributed by atoms with van der Waals surface area (Å²) in [6.45, 7) is 0.916. The fourth-order valence-electron chi connectivity index (χ4n) is 4.46. The molecule has 4 rings (SSSR count). The first kappa shape index (κ1) is 22.5. The van der Waals surface area contributed by atoms with Gasteiger partial charge in [0, 0.05) is 12.0 Å². The first-order valence-corrected chi connectivity index (χ1v) is 11.1. The van der Waals surface area contributed by atoms with Gasteiger partial charge in [-0.2, -0.15) is 0 Å². The molecular weight excluding hydrogens is 424 g/mol. The number of nitrogens with one attached hydrogen (secondary N) is 1. The Labute approximate surface area is 191 Å². The molecule has 2 aliphatic rings. The first-order chi connectivity index (χ1) is 15.9. The van der Waals surface area contributed by atoms with Crippen molar-refractivity contribution in [3.8, 4) is 5.75 Å². The van der Waals surface area contributed by atoms with E-state index in [9.17, 15) is 19.2 Å². The third-order valence-corrected chi connectivity index (χ3v) is 6.13. The molecule has 2 aromatic rings. The fraction of sp³-hybridized carbons (Fsp3) is 0.360. The van der Waals surface area contributed by atoms with Crippen LogP contribution in [-0.4, -0.2) is 42.3 Å². The largest absolute Gasteiger partial charge is 0.482 e. The van der Waals surface area contributed by atoms with Gasteiger partial charge in [-0.05, 0) is 49.2 Å². The number of hydrogen-bond acceptors (Lipinski definition) is 6. The average Bonchev–Trinajstić information content (AvgIpc) is 3.32. The molecule has 1 heterocycles. The zero-order valence-corrected chi connectivity index (χ0v) is 18.5. The number of hydrogen-bond donors (Lipinski definition) is 1. The molecular formula is C25H26N2O6. The molecule has 1 saturated carbocycles. The highest BCUT2D eigenvalue weighted by Crippen LogP contribution is 2.45. The lowest BCUT2D eigenvalue weighted by molar-refractivity contribution is -0.150. The SMILES string of the molecule is CCC(=O)c1ccc(OCC(=O)OCC(=O)N2c3ccccc3NC(=O)C23CCCC3)cc1. The van der Waals surface area contributed by atoms with Crippen molar-refractivity contribution in [2.24, 2.45) is 0 Å². The number of nitrogens with zero attached hydrogens (tertiary/aromatic N) is 1. The van der Waals surface area contributed by atoms with Crippen LogP contribution in [0.3, 0.4) is 0 Å². The average molecular weight is 450 g/mol. The smallest absolute Gasteiger partial charge is 0.344 e. The monoisotopic (exact) mass is 450 g/mol. The van der Waals surface area contributed by atoms with E-state index in [1.165, 1.54) is 4.90 Å². The number of ketones is 1. The standard InChI is InChI=1S/C25H26N2O6/c1-2-21(28)17-9-11-18(12-10-17)32-16-23(30)33-15-22(29)27-20-8-4-3-7-19(20)26-24(31)25(27)13-5-6-14-25/h3-4,7-12H,2,5-6,13-16H2,1H3,(H,26,31). The second-order valence-corrected chi connectivity index (χ2v) is 8.19. The minimum atomic E-state index is -0.952.